The van der Waals surface area contributed by atoms with Gasteiger partial charge in [0.1, 0.15) is 6.54 Å². The summed E-state index contributed by atoms with van der Waals surface area (Å²) < 4.78 is 4.56. The maximum Gasteiger partial charge on any atom is 0.325 e. The highest BCUT2D eigenvalue weighted by molar-refractivity contribution is 5.90. The topological polar surface area (TPSA) is 106 Å². The Balaban J connectivity index is 1.53. The molecule has 0 spiro atoms. The number of aryl methyl sites for hydroxylation is 1. The second-order valence-corrected chi connectivity index (χ2v) is 8.81. The molecule has 3 rings (SSSR count). The first kappa shape index (κ1) is 26.4. The van der Waals surface area contributed by atoms with Crippen LogP contribution in [0, 0.1) is 18.3 Å². The highest BCUT2D eigenvalue weighted by Crippen LogP contribution is 2.32. The SMILES string of the molecule is C=C(CNC(=O)Nc1cc(C(=C)N2CCC(c3ccc(C#N)cc3)CC2)ccc1C)NCC(=O)OC. The molecule has 36 heavy (non-hydrogen) atoms. The van der Waals surface area contributed by atoms with E-state index in [-0.39, 0.29) is 19.1 Å². The van der Waals surface area contributed by atoms with Gasteiger partial charge in [-0.05, 0) is 60.6 Å². The molecule has 188 valence electrons. The zero-order valence-electron chi connectivity index (χ0n) is 20.9. The molecule has 0 saturated carbocycles. The molecule has 8 heteroatoms. The standard InChI is InChI=1S/C28H33N5O3/c1-19-5-8-25(15-26(19)32-28(35)31-17-20(2)30-18-27(34)36-4)21(3)33-13-11-24(12-14-33)23-9-6-22(16-29)7-10-23/h5-10,15,24,30H,2-3,11-14,17-18H2,1,4H3,(H2,31,32,35). The number of carbonyl (C=O) groups excluding carboxylic acids is 2. The molecule has 0 unspecified atom stereocenters. The fraction of sp³-hybridized carbons (Fsp3) is 0.321. The molecule has 1 saturated heterocycles. The molecule has 3 N–H and O–H groups in total. The summed E-state index contributed by atoms with van der Waals surface area (Å²) in [5, 5.41) is 17.4. The summed E-state index contributed by atoms with van der Waals surface area (Å²) in [4.78, 5) is 25.9. The summed E-state index contributed by atoms with van der Waals surface area (Å²) in [6.07, 6.45) is 2.02. The summed E-state index contributed by atoms with van der Waals surface area (Å²) in [6.45, 7) is 12.0. The molecular formula is C28H33N5O3. The Labute approximate surface area is 212 Å². The van der Waals surface area contributed by atoms with Crippen molar-refractivity contribution in [3.63, 3.8) is 0 Å². The van der Waals surface area contributed by atoms with Gasteiger partial charge in [-0.15, -0.1) is 0 Å². The summed E-state index contributed by atoms with van der Waals surface area (Å²) >= 11 is 0. The minimum Gasteiger partial charge on any atom is -0.468 e. The van der Waals surface area contributed by atoms with E-state index in [0.717, 1.165) is 42.8 Å². The van der Waals surface area contributed by atoms with Crippen LogP contribution in [0.1, 0.15) is 41.0 Å². The normalized spacial score (nSPS) is 13.3. The van der Waals surface area contributed by atoms with Crippen LogP contribution < -0.4 is 16.0 Å². The van der Waals surface area contributed by atoms with Gasteiger partial charge in [0.2, 0.25) is 0 Å². The van der Waals surface area contributed by atoms with Crippen LogP contribution in [0.3, 0.4) is 0 Å². The lowest BCUT2D eigenvalue weighted by molar-refractivity contribution is -0.139. The predicted octanol–water partition coefficient (Wildman–Crippen LogP) is 4.11. The molecule has 1 fully saturated rings. The predicted molar refractivity (Wildman–Crippen MR) is 141 cm³/mol. The van der Waals surface area contributed by atoms with Crippen molar-refractivity contribution in [2.24, 2.45) is 0 Å². The molecule has 0 aliphatic carbocycles. The Morgan fingerprint density at radius 1 is 1.08 bits per heavy atom. The number of rotatable bonds is 9. The zero-order chi connectivity index (χ0) is 26.1. The molecule has 0 bridgehead atoms. The molecule has 2 aromatic rings. The number of nitriles is 1. The third-order valence-electron chi connectivity index (χ3n) is 6.38. The second-order valence-electron chi connectivity index (χ2n) is 8.81. The number of hydrogen-bond acceptors (Lipinski definition) is 6. The molecule has 2 amide bonds. The zero-order valence-corrected chi connectivity index (χ0v) is 20.9. The van der Waals surface area contributed by atoms with E-state index in [1.807, 2.05) is 37.3 Å². The number of piperidine rings is 1. The lowest BCUT2D eigenvalue weighted by atomic mass is 9.88. The quantitative estimate of drug-likeness (QED) is 0.460. The number of nitrogens with one attached hydrogen (secondary N) is 3. The van der Waals surface area contributed by atoms with Crippen LogP contribution in [0.4, 0.5) is 10.5 Å². The average molecular weight is 488 g/mol. The third-order valence-corrected chi connectivity index (χ3v) is 6.38. The number of esters is 1. The van der Waals surface area contributed by atoms with E-state index in [2.05, 4.69) is 56.9 Å². The van der Waals surface area contributed by atoms with Gasteiger partial charge >= 0.3 is 12.0 Å². The number of anilines is 1. The molecule has 0 radical (unpaired) electrons. The maximum absolute atomic E-state index is 12.4. The number of methoxy groups -OCH3 is 1. The molecule has 0 aromatic heterocycles. The number of amides is 2. The van der Waals surface area contributed by atoms with Gasteiger partial charge in [-0.2, -0.15) is 5.26 Å². The largest absolute Gasteiger partial charge is 0.468 e. The van der Waals surface area contributed by atoms with Crippen LogP contribution in [-0.2, 0) is 9.53 Å². The number of nitrogens with zero attached hydrogens (tertiary/aromatic N) is 2. The van der Waals surface area contributed by atoms with E-state index in [1.165, 1.54) is 12.7 Å². The van der Waals surface area contributed by atoms with Crippen molar-refractivity contribution in [1.29, 1.82) is 5.26 Å². The van der Waals surface area contributed by atoms with Crippen molar-refractivity contribution in [2.75, 3.05) is 38.6 Å². The molecule has 1 heterocycles. The first-order chi connectivity index (χ1) is 17.3. The van der Waals surface area contributed by atoms with Crippen LogP contribution in [0.2, 0.25) is 0 Å². The first-order valence-corrected chi connectivity index (χ1v) is 11.9. The first-order valence-electron chi connectivity index (χ1n) is 11.9. The summed E-state index contributed by atoms with van der Waals surface area (Å²) in [7, 11) is 1.31. The van der Waals surface area contributed by atoms with Crippen LogP contribution in [0.5, 0.6) is 0 Å². The monoisotopic (exact) mass is 487 g/mol. The van der Waals surface area contributed by atoms with Gasteiger partial charge in [-0.3, -0.25) is 4.79 Å². The third kappa shape index (κ3) is 7.12. The van der Waals surface area contributed by atoms with Crippen LogP contribution in [0.25, 0.3) is 5.70 Å². The number of hydrogen-bond donors (Lipinski definition) is 3. The maximum atomic E-state index is 12.4. The highest BCUT2D eigenvalue weighted by atomic mass is 16.5. The summed E-state index contributed by atoms with van der Waals surface area (Å²) in [6, 6.07) is 15.6. The van der Waals surface area contributed by atoms with Crippen molar-refractivity contribution in [3.05, 3.63) is 83.6 Å². The Kier molecular flexibility index (Phi) is 9.12. The van der Waals surface area contributed by atoms with Gasteiger partial charge in [0.05, 0.1) is 25.3 Å². The molecular weight excluding hydrogens is 454 g/mol. The van der Waals surface area contributed by atoms with E-state index >= 15 is 0 Å². The number of likely N-dealkylation sites (tertiary alicyclic amines) is 1. The smallest absolute Gasteiger partial charge is 0.325 e. The fourth-order valence-electron chi connectivity index (χ4n) is 4.12. The molecule has 0 atom stereocenters. The Hall–Kier alpha value is -4.25. The number of ether oxygens (including phenoxy) is 1. The highest BCUT2D eigenvalue weighted by Gasteiger charge is 2.22. The molecule has 1 aliphatic rings. The number of benzene rings is 2. The van der Waals surface area contributed by atoms with Gasteiger partial charge in [0.15, 0.2) is 0 Å². The van der Waals surface area contributed by atoms with Crippen LogP contribution in [-0.4, -0.2) is 50.2 Å². The number of urea groups is 1. The van der Waals surface area contributed by atoms with Crippen LogP contribution >= 0.6 is 0 Å². The fourth-order valence-corrected chi connectivity index (χ4v) is 4.12. The van der Waals surface area contributed by atoms with Crippen LogP contribution in [0.15, 0.2) is 61.3 Å². The van der Waals surface area contributed by atoms with Crippen molar-refractivity contribution < 1.29 is 14.3 Å². The van der Waals surface area contributed by atoms with Crippen molar-refractivity contribution in [3.8, 4) is 6.07 Å². The van der Waals surface area contributed by atoms with E-state index in [9.17, 15) is 9.59 Å². The van der Waals surface area contributed by atoms with Crippen molar-refractivity contribution >= 4 is 23.4 Å². The second kappa shape index (κ2) is 12.5. The van der Waals surface area contributed by atoms with E-state index in [0.29, 0.717) is 22.9 Å². The minimum atomic E-state index is -0.410. The Morgan fingerprint density at radius 3 is 2.42 bits per heavy atom. The molecule has 8 nitrogen and oxygen atoms in total. The van der Waals surface area contributed by atoms with Gasteiger partial charge in [0.25, 0.3) is 0 Å². The molecule has 2 aromatic carbocycles. The summed E-state index contributed by atoms with van der Waals surface area (Å²) in [5.74, 6) is 0.0596. The summed E-state index contributed by atoms with van der Waals surface area (Å²) in [5.41, 5.74) is 5.97. The lowest BCUT2D eigenvalue weighted by Crippen LogP contribution is -2.35. The van der Waals surface area contributed by atoms with Gasteiger partial charge < -0.3 is 25.6 Å². The Bertz CT molecular complexity index is 1160. The van der Waals surface area contributed by atoms with Gasteiger partial charge in [-0.1, -0.05) is 37.4 Å². The lowest BCUT2D eigenvalue weighted by Gasteiger charge is -2.35. The van der Waals surface area contributed by atoms with E-state index < -0.39 is 5.97 Å². The minimum absolute atomic E-state index is 0.00732. The Morgan fingerprint density at radius 2 is 1.78 bits per heavy atom. The van der Waals surface area contributed by atoms with Gasteiger partial charge in [-0.25, -0.2) is 4.79 Å². The molecule has 1 aliphatic heterocycles. The number of carbonyl (C=O) groups is 2. The average Bonchev–Trinajstić information content (AvgIpc) is 2.91. The van der Waals surface area contributed by atoms with E-state index in [4.69, 9.17) is 5.26 Å². The van der Waals surface area contributed by atoms with E-state index in [1.54, 1.807) is 0 Å². The van der Waals surface area contributed by atoms with Gasteiger partial charge in [0, 0.05) is 30.2 Å². The van der Waals surface area contributed by atoms with Crippen molar-refractivity contribution in [2.45, 2.75) is 25.7 Å². The van der Waals surface area contributed by atoms with Crippen molar-refractivity contribution in [1.82, 2.24) is 15.5 Å².